The fraction of sp³-hybridized carbons (Fsp3) is 0.444. The number of ether oxygens (including phenoxy) is 1. The van der Waals surface area contributed by atoms with Gasteiger partial charge in [0.2, 0.25) is 0 Å². The summed E-state index contributed by atoms with van der Waals surface area (Å²) < 4.78 is 7.04. The summed E-state index contributed by atoms with van der Waals surface area (Å²) in [4.78, 5) is 28.2. The van der Waals surface area contributed by atoms with Crippen molar-refractivity contribution in [1.82, 2.24) is 10.3 Å². The van der Waals surface area contributed by atoms with E-state index in [0.717, 1.165) is 27.4 Å². The number of hydrogen-bond acceptors (Lipinski definition) is 7. The number of amides is 1. The number of esters is 1. The lowest BCUT2D eigenvalue weighted by atomic mass is 10.00. The number of nitrogens with zero attached hydrogens (tertiary/aromatic N) is 2. The molecule has 0 spiro atoms. The smallest absolute Gasteiger partial charge is 0.307 e. The van der Waals surface area contributed by atoms with Gasteiger partial charge >= 0.3 is 5.97 Å². The van der Waals surface area contributed by atoms with E-state index in [9.17, 15) is 14.9 Å². The van der Waals surface area contributed by atoms with Gasteiger partial charge in [-0.15, -0.1) is 11.3 Å². The Kier molecular flexibility index (Phi) is 6.12. The topological polar surface area (TPSA) is 92.1 Å². The summed E-state index contributed by atoms with van der Waals surface area (Å²) in [5, 5.41) is 11.9. The zero-order chi connectivity index (χ0) is 18.4. The summed E-state index contributed by atoms with van der Waals surface area (Å²) in [5.74, 6) is -0.297. The van der Waals surface area contributed by atoms with Crippen molar-refractivity contribution in [2.75, 3.05) is 12.4 Å². The number of thioether (sulfide) groups is 1. The fourth-order valence-corrected chi connectivity index (χ4v) is 4.96. The first-order valence-electron chi connectivity index (χ1n) is 8.46. The van der Waals surface area contributed by atoms with E-state index in [0.29, 0.717) is 18.6 Å². The lowest BCUT2D eigenvalue weighted by Crippen LogP contribution is -2.46. The number of hydrogen-bond donors (Lipinski definition) is 1. The number of benzene rings is 1. The van der Waals surface area contributed by atoms with Crippen LogP contribution in [0.4, 0.5) is 0 Å². The first-order chi connectivity index (χ1) is 12.6. The minimum Gasteiger partial charge on any atom is -0.456 e. The average molecular weight is 390 g/mol. The van der Waals surface area contributed by atoms with Gasteiger partial charge in [0.05, 0.1) is 22.7 Å². The van der Waals surface area contributed by atoms with Crippen LogP contribution in [0.15, 0.2) is 28.6 Å². The zero-order valence-corrected chi connectivity index (χ0v) is 15.8. The molecule has 0 radical (unpaired) electrons. The number of nitriles is 1. The van der Waals surface area contributed by atoms with Crippen LogP contribution in [0.3, 0.4) is 0 Å². The van der Waals surface area contributed by atoms with Crippen LogP contribution in [0.2, 0.25) is 0 Å². The normalized spacial score (nSPS) is 15.5. The molecule has 26 heavy (non-hydrogen) atoms. The van der Waals surface area contributed by atoms with Gasteiger partial charge in [0.25, 0.3) is 5.91 Å². The van der Waals surface area contributed by atoms with Gasteiger partial charge in [-0.2, -0.15) is 5.26 Å². The third kappa shape index (κ3) is 4.74. The Morgan fingerprint density at radius 2 is 2.12 bits per heavy atom. The van der Waals surface area contributed by atoms with Gasteiger partial charge in [-0.3, -0.25) is 9.59 Å². The van der Waals surface area contributed by atoms with Gasteiger partial charge in [0.1, 0.15) is 5.54 Å². The maximum Gasteiger partial charge on any atom is 0.307 e. The van der Waals surface area contributed by atoms with Crippen LogP contribution in [0.5, 0.6) is 0 Å². The van der Waals surface area contributed by atoms with Crippen LogP contribution in [0.25, 0.3) is 10.2 Å². The number of nitrogens with one attached hydrogen (secondary N) is 1. The molecule has 1 N–H and O–H groups in total. The Labute approximate surface area is 159 Å². The molecular formula is C18H19N3O3S2. The third-order valence-electron chi connectivity index (χ3n) is 4.22. The summed E-state index contributed by atoms with van der Waals surface area (Å²) >= 11 is 3.09. The van der Waals surface area contributed by atoms with Crippen molar-refractivity contribution in [2.45, 2.75) is 42.0 Å². The molecule has 1 aliphatic rings. The highest BCUT2D eigenvalue weighted by Gasteiger charge is 2.35. The first kappa shape index (κ1) is 18.7. The summed E-state index contributed by atoms with van der Waals surface area (Å²) in [6, 6.07) is 10.1. The van der Waals surface area contributed by atoms with E-state index in [4.69, 9.17) is 4.74 Å². The van der Waals surface area contributed by atoms with Crippen LogP contribution in [0, 0.1) is 11.3 Å². The number of aromatic nitrogens is 1. The van der Waals surface area contributed by atoms with Crippen LogP contribution in [-0.4, -0.2) is 34.8 Å². The molecule has 3 rings (SSSR count). The van der Waals surface area contributed by atoms with Gasteiger partial charge < -0.3 is 10.1 Å². The van der Waals surface area contributed by atoms with Gasteiger partial charge in [-0.1, -0.05) is 23.9 Å². The largest absolute Gasteiger partial charge is 0.456 e. The SMILES string of the molecule is N#CC1(NC(=O)COC(=O)CCSc2nc3ccccc3s2)CCCC1. The molecule has 1 aliphatic carbocycles. The molecule has 0 bridgehead atoms. The van der Waals surface area contributed by atoms with Crippen molar-refractivity contribution in [2.24, 2.45) is 0 Å². The highest BCUT2D eigenvalue weighted by Crippen LogP contribution is 2.30. The quantitative estimate of drug-likeness (QED) is 0.577. The second kappa shape index (κ2) is 8.52. The minimum absolute atomic E-state index is 0.206. The highest BCUT2D eigenvalue weighted by atomic mass is 32.2. The standard InChI is InChI=1S/C18H19N3O3S2/c19-12-18(8-3-4-9-18)21-15(22)11-24-16(23)7-10-25-17-20-13-5-1-2-6-14(13)26-17/h1-2,5-6H,3-4,7-11H2,(H,21,22). The number of carbonyl (C=O) groups excluding carboxylic acids is 2. The van der Waals surface area contributed by atoms with Crippen molar-refractivity contribution in [1.29, 1.82) is 5.26 Å². The lowest BCUT2D eigenvalue weighted by molar-refractivity contribution is -0.148. The predicted octanol–water partition coefficient (Wildman–Crippen LogP) is 3.27. The molecule has 1 aromatic heterocycles. The Hall–Kier alpha value is -2.11. The summed E-state index contributed by atoms with van der Waals surface area (Å²) in [7, 11) is 0. The number of thiazole rings is 1. The second-order valence-corrected chi connectivity index (χ2v) is 8.53. The molecule has 1 heterocycles. The Morgan fingerprint density at radius 1 is 1.35 bits per heavy atom. The maximum absolute atomic E-state index is 11.9. The van der Waals surface area contributed by atoms with E-state index in [2.05, 4.69) is 16.4 Å². The number of para-hydroxylation sites is 1. The molecule has 0 unspecified atom stereocenters. The molecule has 8 heteroatoms. The maximum atomic E-state index is 11.9. The molecule has 0 aliphatic heterocycles. The molecule has 1 fully saturated rings. The van der Waals surface area contributed by atoms with E-state index in [1.54, 1.807) is 11.3 Å². The second-order valence-electron chi connectivity index (χ2n) is 6.16. The van der Waals surface area contributed by atoms with E-state index in [1.807, 2.05) is 24.3 Å². The molecular weight excluding hydrogens is 370 g/mol. The molecule has 1 saturated carbocycles. The zero-order valence-electron chi connectivity index (χ0n) is 14.2. The van der Waals surface area contributed by atoms with E-state index in [1.165, 1.54) is 11.8 Å². The molecule has 2 aromatic rings. The van der Waals surface area contributed by atoms with E-state index in [-0.39, 0.29) is 13.0 Å². The van der Waals surface area contributed by atoms with Crippen LogP contribution >= 0.6 is 23.1 Å². The lowest BCUT2D eigenvalue weighted by Gasteiger charge is -2.21. The fourth-order valence-electron chi connectivity index (χ4n) is 2.90. The van der Waals surface area contributed by atoms with Crippen molar-refractivity contribution in [3.05, 3.63) is 24.3 Å². The summed E-state index contributed by atoms with van der Waals surface area (Å²) in [5.41, 5.74) is 0.171. The monoisotopic (exact) mass is 389 g/mol. The molecule has 0 saturated heterocycles. The van der Waals surface area contributed by atoms with Crippen LogP contribution in [0.1, 0.15) is 32.1 Å². The van der Waals surface area contributed by atoms with E-state index < -0.39 is 17.4 Å². The molecule has 1 amide bonds. The van der Waals surface area contributed by atoms with Crippen LogP contribution in [-0.2, 0) is 14.3 Å². The van der Waals surface area contributed by atoms with Gasteiger partial charge in [-0.25, -0.2) is 4.98 Å². The predicted molar refractivity (Wildman–Crippen MR) is 101 cm³/mol. The number of carbonyl (C=O) groups is 2. The number of rotatable bonds is 7. The molecule has 136 valence electrons. The molecule has 1 aromatic carbocycles. The average Bonchev–Trinajstić information content (AvgIpc) is 3.27. The highest BCUT2D eigenvalue weighted by molar-refractivity contribution is 8.01. The van der Waals surface area contributed by atoms with Crippen molar-refractivity contribution < 1.29 is 14.3 Å². The Bertz CT molecular complexity index is 805. The van der Waals surface area contributed by atoms with Crippen molar-refractivity contribution in [3.8, 4) is 6.07 Å². The molecule has 0 atom stereocenters. The Balaban J connectivity index is 1.37. The summed E-state index contributed by atoms with van der Waals surface area (Å²) in [6.07, 6.45) is 3.37. The first-order valence-corrected chi connectivity index (χ1v) is 10.3. The van der Waals surface area contributed by atoms with Crippen molar-refractivity contribution in [3.63, 3.8) is 0 Å². The third-order valence-corrected chi connectivity index (χ3v) is 6.40. The van der Waals surface area contributed by atoms with E-state index >= 15 is 0 Å². The van der Waals surface area contributed by atoms with Gasteiger partial charge in [0.15, 0.2) is 10.9 Å². The number of fused-ring (bicyclic) bond motifs is 1. The molecule has 6 nitrogen and oxygen atoms in total. The van der Waals surface area contributed by atoms with Gasteiger partial charge in [-0.05, 0) is 37.8 Å². The van der Waals surface area contributed by atoms with Gasteiger partial charge in [0, 0.05) is 5.75 Å². The van der Waals surface area contributed by atoms with Crippen molar-refractivity contribution >= 4 is 45.2 Å². The summed E-state index contributed by atoms with van der Waals surface area (Å²) in [6.45, 7) is -0.339. The van der Waals surface area contributed by atoms with Crippen LogP contribution < -0.4 is 5.32 Å². The Morgan fingerprint density at radius 3 is 2.85 bits per heavy atom. The minimum atomic E-state index is -0.786.